The van der Waals surface area contributed by atoms with Gasteiger partial charge in [-0.3, -0.25) is 14.9 Å². The Labute approximate surface area is 310 Å². The Morgan fingerprint density at radius 3 is 2.25 bits per heavy atom. The molecular formula is C39H47N5O6S2. The highest BCUT2D eigenvalue weighted by Gasteiger charge is 2.32. The molecule has 3 N–H and O–H groups in total. The molecular weight excluding hydrogens is 699 g/mol. The second-order valence-corrected chi connectivity index (χ2v) is 16.3. The maximum Gasteiger partial charge on any atom is 0.293 e. The maximum atomic E-state index is 13.3. The molecule has 1 fully saturated rings. The van der Waals surface area contributed by atoms with Crippen LogP contribution in [-0.2, 0) is 16.4 Å². The van der Waals surface area contributed by atoms with Gasteiger partial charge in [0.1, 0.15) is 5.69 Å². The van der Waals surface area contributed by atoms with Crippen molar-refractivity contribution < 1.29 is 23.2 Å². The fraction of sp³-hybridized carbons (Fsp3) is 0.359. The molecule has 1 aliphatic heterocycles. The number of unbranched alkanes of at least 4 members (excludes halogenated alkanes) is 1. The summed E-state index contributed by atoms with van der Waals surface area (Å²) in [6.45, 7) is 2.20. The van der Waals surface area contributed by atoms with Crippen molar-refractivity contribution in [2.45, 2.75) is 60.0 Å². The number of nitro benzene ring substituents is 1. The van der Waals surface area contributed by atoms with Crippen molar-refractivity contribution in [2.75, 3.05) is 49.7 Å². The highest BCUT2D eigenvalue weighted by molar-refractivity contribution is 7.99. The lowest BCUT2D eigenvalue weighted by atomic mass is 9.85. The van der Waals surface area contributed by atoms with Crippen molar-refractivity contribution in [2.24, 2.45) is 0 Å². The number of thioether (sulfide) groups is 1. The second kappa shape index (κ2) is 17.9. The number of nitrogens with zero attached hydrogens (tertiary/aromatic N) is 3. The zero-order valence-electron chi connectivity index (χ0n) is 29.6. The number of nitro groups is 1. The van der Waals surface area contributed by atoms with Gasteiger partial charge >= 0.3 is 0 Å². The molecule has 1 heterocycles. The molecule has 11 nitrogen and oxygen atoms in total. The molecule has 1 saturated heterocycles. The van der Waals surface area contributed by atoms with Gasteiger partial charge in [0.25, 0.3) is 21.6 Å². The number of nitrogens with one attached hydrogen (secondary N) is 2. The normalized spacial score (nSPS) is 14.9. The number of anilines is 2. The van der Waals surface area contributed by atoms with Gasteiger partial charge in [0.15, 0.2) is 0 Å². The Hall–Kier alpha value is -4.43. The van der Waals surface area contributed by atoms with E-state index >= 15 is 0 Å². The van der Waals surface area contributed by atoms with Crippen molar-refractivity contribution in [3.63, 3.8) is 0 Å². The summed E-state index contributed by atoms with van der Waals surface area (Å²) in [6.07, 6.45) is 4.42. The minimum Gasteiger partial charge on any atom is -0.389 e. The van der Waals surface area contributed by atoms with Crippen molar-refractivity contribution in [3.05, 3.63) is 124 Å². The van der Waals surface area contributed by atoms with Gasteiger partial charge in [-0.25, -0.2) is 13.1 Å². The molecule has 0 radical (unpaired) electrons. The molecule has 1 amide bonds. The molecule has 4 aromatic carbocycles. The van der Waals surface area contributed by atoms with E-state index in [4.69, 9.17) is 0 Å². The van der Waals surface area contributed by atoms with E-state index in [1.165, 1.54) is 12.1 Å². The van der Waals surface area contributed by atoms with Crippen molar-refractivity contribution in [3.8, 4) is 0 Å². The van der Waals surface area contributed by atoms with E-state index in [9.17, 15) is 28.4 Å². The topological polar surface area (TPSA) is 145 Å². The van der Waals surface area contributed by atoms with Gasteiger partial charge in [-0.2, -0.15) is 0 Å². The van der Waals surface area contributed by atoms with Crippen LogP contribution in [0.2, 0.25) is 0 Å². The van der Waals surface area contributed by atoms with E-state index in [1.54, 1.807) is 36.0 Å². The van der Waals surface area contributed by atoms with Gasteiger partial charge < -0.3 is 20.2 Å². The lowest BCUT2D eigenvalue weighted by Crippen LogP contribution is -2.45. The van der Waals surface area contributed by atoms with Crippen LogP contribution in [0.4, 0.5) is 17.1 Å². The highest BCUT2D eigenvalue weighted by atomic mass is 32.2. The van der Waals surface area contributed by atoms with Crippen LogP contribution in [0.1, 0.15) is 48.0 Å². The second-order valence-electron chi connectivity index (χ2n) is 13.6. The van der Waals surface area contributed by atoms with E-state index in [0.717, 1.165) is 48.0 Å². The molecule has 1 aliphatic rings. The van der Waals surface area contributed by atoms with E-state index in [0.29, 0.717) is 38.1 Å². The number of carbonyl (C=O) groups is 1. The molecule has 0 saturated carbocycles. The summed E-state index contributed by atoms with van der Waals surface area (Å²) >= 11 is 1.65. The summed E-state index contributed by atoms with van der Waals surface area (Å²) < 4.78 is 28.7. The monoisotopic (exact) mass is 745 g/mol. The van der Waals surface area contributed by atoms with Crippen LogP contribution in [0.5, 0.6) is 0 Å². The molecule has 0 unspecified atom stereocenters. The molecule has 0 aliphatic carbocycles. The summed E-state index contributed by atoms with van der Waals surface area (Å²) in [4.78, 5) is 29.6. The molecule has 0 aromatic heterocycles. The Morgan fingerprint density at radius 2 is 1.62 bits per heavy atom. The van der Waals surface area contributed by atoms with E-state index in [-0.39, 0.29) is 27.9 Å². The Bertz CT molecular complexity index is 1890. The van der Waals surface area contributed by atoms with Gasteiger partial charge in [0, 0.05) is 53.5 Å². The number of hydrogen-bond acceptors (Lipinski definition) is 10. The van der Waals surface area contributed by atoms with Crippen LogP contribution in [0.25, 0.3) is 0 Å². The van der Waals surface area contributed by atoms with Crippen LogP contribution < -0.4 is 14.9 Å². The molecule has 4 aromatic rings. The summed E-state index contributed by atoms with van der Waals surface area (Å²) in [7, 11) is -0.395. The quantitative estimate of drug-likeness (QED) is 0.0469. The lowest BCUT2D eigenvalue weighted by Gasteiger charge is -2.39. The number of carbonyl (C=O) groups excluding carboxylic acids is 1. The maximum absolute atomic E-state index is 13.3. The number of rotatable bonds is 17. The molecule has 13 heteroatoms. The van der Waals surface area contributed by atoms with Crippen molar-refractivity contribution >= 4 is 44.8 Å². The SMILES string of the molecule is CN(C)CCCC[C@H](CSc1ccccc1)Nc1ccc(S(=O)(=O)NC(=O)c2ccc(N3CCC(O)(Cc4ccccc4)CC3)cc2)cc1[N+](=O)[O-]. The van der Waals surface area contributed by atoms with E-state index in [2.05, 4.69) is 19.8 Å². The predicted molar refractivity (Wildman–Crippen MR) is 208 cm³/mol. The van der Waals surface area contributed by atoms with Crippen LogP contribution in [0.15, 0.2) is 113 Å². The van der Waals surface area contributed by atoms with Gasteiger partial charge in [0.2, 0.25) is 0 Å². The van der Waals surface area contributed by atoms with E-state index < -0.39 is 26.5 Å². The summed E-state index contributed by atoms with van der Waals surface area (Å²) in [6, 6.07) is 30.0. The minimum atomic E-state index is -4.43. The summed E-state index contributed by atoms with van der Waals surface area (Å²) in [5.74, 6) is -0.185. The first-order chi connectivity index (χ1) is 24.9. The first-order valence-electron chi connectivity index (χ1n) is 17.5. The number of aliphatic hydroxyl groups is 1. The fourth-order valence-electron chi connectivity index (χ4n) is 6.30. The highest BCUT2D eigenvalue weighted by Crippen LogP contribution is 2.32. The number of piperidine rings is 1. The smallest absolute Gasteiger partial charge is 0.293 e. The van der Waals surface area contributed by atoms with Gasteiger partial charge in [-0.1, -0.05) is 55.0 Å². The average molecular weight is 746 g/mol. The number of hydrogen-bond donors (Lipinski definition) is 3. The molecule has 52 heavy (non-hydrogen) atoms. The van der Waals surface area contributed by atoms with Crippen molar-refractivity contribution in [1.82, 2.24) is 9.62 Å². The molecule has 0 bridgehead atoms. The standard InChI is InChI=1S/C39H47N5O6S2/c1-42(2)24-10-9-13-32(29-51-34-14-7-4-8-15-34)40-36-21-20-35(27-37(36)44(47)48)52(49,50)41-38(45)31-16-18-33(19-17-31)43-25-22-39(46,23-26-43)28-30-11-5-3-6-12-30/h3-8,11-12,14-21,27,32,40,46H,9-10,13,22-26,28-29H2,1-2H3,(H,41,45)/t32-/m1/s1. The Morgan fingerprint density at radius 1 is 0.962 bits per heavy atom. The van der Waals surface area contributed by atoms with Crippen LogP contribution in [0, 0.1) is 10.1 Å². The largest absolute Gasteiger partial charge is 0.389 e. The van der Waals surface area contributed by atoms with Gasteiger partial charge in [-0.15, -0.1) is 11.8 Å². The zero-order valence-corrected chi connectivity index (χ0v) is 31.2. The Kier molecular flexibility index (Phi) is 13.3. The van der Waals surface area contributed by atoms with Crippen LogP contribution in [-0.4, -0.2) is 80.4 Å². The molecule has 5 rings (SSSR count). The minimum absolute atomic E-state index is 0.110. The van der Waals surface area contributed by atoms with E-state index in [1.807, 2.05) is 74.8 Å². The molecule has 1 atom stereocenters. The first-order valence-corrected chi connectivity index (χ1v) is 19.9. The van der Waals surface area contributed by atoms with Gasteiger partial charge in [-0.05, 0) is 100 Å². The first kappa shape index (κ1) is 38.8. The third kappa shape index (κ3) is 11.0. The number of benzene rings is 4. The van der Waals surface area contributed by atoms with Gasteiger partial charge in [0.05, 0.1) is 15.4 Å². The third-order valence-corrected chi connectivity index (χ3v) is 11.7. The number of amides is 1. The summed E-state index contributed by atoms with van der Waals surface area (Å²) in [5, 5.41) is 26.6. The fourth-order valence-corrected chi connectivity index (χ4v) is 8.29. The molecule has 276 valence electrons. The number of sulfonamides is 1. The summed E-state index contributed by atoms with van der Waals surface area (Å²) in [5.41, 5.74) is 1.12. The van der Waals surface area contributed by atoms with Crippen molar-refractivity contribution in [1.29, 1.82) is 0 Å². The zero-order chi connectivity index (χ0) is 37.1. The third-order valence-electron chi connectivity index (χ3n) is 9.23. The molecule has 0 spiro atoms. The predicted octanol–water partition coefficient (Wildman–Crippen LogP) is 6.59. The average Bonchev–Trinajstić information content (AvgIpc) is 3.13. The Balaban J connectivity index is 1.21. The lowest BCUT2D eigenvalue weighted by molar-refractivity contribution is -0.384. The van der Waals surface area contributed by atoms with Crippen LogP contribution >= 0.6 is 11.8 Å². The van der Waals surface area contributed by atoms with Crippen LogP contribution in [0.3, 0.4) is 0 Å².